The predicted octanol–water partition coefficient (Wildman–Crippen LogP) is 3.73. The molecule has 0 spiro atoms. The van der Waals surface area contributed by atoms with Gasteiger partial charge in [0.15, 0.2) is 5.65 Å². The van der Waals surface area contributed by atoms with Crippen LogP contribution in [0.3, 0.4) is 0 Å². The second-order valence-electron chi connectivity index (χ2n) is 7.25. The van der Waals surface area contributed by atoms with E-state index in [1.54, 1.807) is 37.4 Å². The van der Waals surface area contributed by atoms with Crippen LogP contribution in [0, 0.1) is 12.7 Å². The molecular weight excluding hydrogens is 469 g/mol. The highest BCUT2D eigenvalue weighted by Gasteiger charge is 2.17. The highest BCUT2D eigenvalue weighted by Crippen LogP contribution is 2.28. The number of aryl methyl sites for hydroxylation is 2. The van der Waals surface area contributed by atoms with Gasteiger partial charge < -0.3 is 10.6 Å². The van der Waals surface area contributed by atoms with Gasteiger partial charge in [-0.05, 0) is 55.3 Å². The number of carbonyl (C=O) groups excluding carboxylic acids is 2. The highest BCUT2D eigenvalue weighted by atomic mass is 35.5. The SMILES string of the molecule is Cc1cc(NC(=O)c2ccc(F)cc2Cl)sc1C(=O)NCCCn1nc2ccccn2c1=O. The van der Waals surface area contributed by atoms with Crippen LogP contribution >= 0.6 is 22.9 Å². The van der Waals surface area contributed by atoms with Gasteiger partial charge in [-0.15, -0.1) is 16.4 Å². The van der Waals surface area contributed by atoms with E-state index < -0.39 is 11.7 Å². The third-order valence-electron chi connectivity index (χ3n) is 4.86. The molecule has 0 radical (unpaired) electrons. The zero-order valence-electron chi connectivity index (χ0n) is 17.5. The minimum atomic E-state index is -0.534. The minimum absolute atomic E-state index is 0.00320. The van der Waals surface area contributed by atoms with E-state index >= 15 is 0 Å². The van der Waals surface area contributed by atoms with Crippen LogP contribution in [-0.2, 0) is 6.54 Å². The molecule has 8 nitrogen and oxygen atoms in total. The molecule has 0 aliphatic rings. The third kappa shape index (κ3) is 4.96. The van der Waals surface area contributed by atoms with E-state index in [9.17, 15) is 18.8 Å². The number of pyridine rings is 1. The quantitative estimate of drug-likeness (QED) is 0.388. The van der Waals surface area contributed by atoms with Crippen LogP contribution < -0.4 is 16.3 Å². The number of anilines is 1. The van der Waals surface area contributed by atoms with Crippen molar-refractivity contribution in [2.75, 3.05) is 11.9 Å². The van der Waals surface area contributed by atoms with Gasteiger partial charge in [-0.2, -0.15) is 0 Å². The Kier molecular flexibility index (Phi) is 6.57. The molecular formula is C22H19ClFN5O3S. The van der Waals surface area contributed by atoms with Crippen LogP contribution in [-0.4, -0.2) is 32.5 Å². The van der Waals surface area contributed by atoms with Gasteiger partial charge in [0.05, 0.1) is 20.5 Å². The summed E-state index contributed by atoms with van der Waals surface area (Å²) in [6.07, 6.45) is 2.18. The number of amides is 2. The van der Waals surface area contributed by atoms with Crippen molar-refractivity contribution in [3.8, 4) is 0 Å². The molecule has 0 atom stereocenters. The number of fused-ring (bicyclic) bond motifs is 1. The first kappa shape index (κ1) is 22.7. The van der Waals surface area contributed by atoms with Crippen LogP contribution in [0.5, 0.6) is 0 Å². The summed E-state index contributed by atoms with van der Waals surface area (Å²) >= 11 is 7.06. The van der Waals surface area contributed by atoms with Gasteiger partial charge in [0.1, 0.15) is 5.82 Å². The molecule has 3 heterocycles. The third-order valence-corrected chi connectivity index (χ3v) is 6.32. The lowest BCUT2D eigenvalue weighted by atomic mass is 10.2. The molecule has 0 saturated heterocycles. The summed E-state index contributed by atoms with van der Waals surface area (Å²) in [6.45, 7) is 2.48. The zero-order valence-corrected chi connectivity index (χ0v) is 19.0. The molecule has 3 aromatic heterocycles. The molecule has 170 valence electrons. The number of rotatable bonds is 7. The molecule has 11 heteroatoms. The second-order valence-corrected chi connectivity index (χ2v) is 8.70. The Morgan fingerprint density at radius 1 is 1.18 bits per heavy atom. The van der Waals surface area contributed by atoms with E-state index in [2.05, 4.69) is 15.7 Å². The number of hydrogen-bond acceptors (Lipinski definition) is 5. The highest BCUT2D eigenvalue weighted by molar-refractivity contribution is 7.18. The number of hydrogen-bond donors (Lipinski definition) is 2. The summed E-state index contributed by atoms with van der Waals surface area (Å²) in [7, 11) is 0. The van der Waals surface area contributed by atoms with Crippen LogP contribution in [0.15, 0.2) is 53.5 Å². The van der Waals surface area contributed by atoms with E-state index in [-0.39, 0.29) is 22.2 Å². The molecule has 2 N–H and O–H groups in total. The Morgan fingerprint density at radius 3 is 2.76 bits per heavy atom. The molecule has 0 bridgehead atoms. The second kappa shape index (κ2) is 9.55. The molecule has 0 unspecified atom stereocenters. The van der Waals surface area contributed by atoms with Crippen LogP contribution in [0.4, 0.5) is 9.39 Å². The lowest BCUT2D eigenvalue weighted by Crippen LogP contribution is -2.27. The molecule has 0 aliphatic heterocycles. The van der Waals surface area contributed by atoms with Crippen molar-refractivity contribution >= 4 is 45.4 Å². The van der Waals surface area contributed by atoms with Gasteiger partial charge >= 0.3 is 5.69 Å². The summed E-state index contributed by atoms with van der Waals surface area (Å²) in [5.74, 6) is -1.31. The first-order chi connectivity index (χ1) is 15.8. The molecule has 0 fully saturated rings. The Labute approximate surface area is 196 Å². The zero-order chi connectivity index (χ0) is 23.5. The Hall–Kier alpha value is -3.50. The first-order valence-electron chi connectivity index (χ1n) is 10.0. The maximum absolute atomic E-state index is 13.2. The number of carbonyl (C=O) groups is 2. The summed E-state index contributed by atoms with van der Waals surface area (Å²) in [6, 6.07) is 10.5. The van der Waals surface area contributed by atoms with E-state index in [1.807, 2.05) is 0 Å². The summed E-state index contributed by atoms with van der Waals surface area (Å²) < 4.78 is 16.0. The largest absolute Gasteiger partial charge is 0.351 e. The smallest absolute Gasteiger partial charge is 0.350 e. The van der Waals surface area contributed by atoms with Gasteiger partial charge in [0.25, 0.3) is 11.8 Å². The lowest BCUT2D eigenvalue weighted by molar-refractivity contribution is 0.0955. The molecule has 0 aliphatic carbocycles. The van der Waals surface area contributed by atoms with Crippen molar-refractivity contribution in [3.05, 3.63) is 86.0 Å². The maximum atomic E-state index is 13.2. The van der Waals surface area contributed by atoms with E-state index in [1.165, 1.54) is 15.1 Å². The normalized spacial score (nSPS) is 11.0. The number of thiophene rings is 1. The standard InChI is InChI=1S/C22H19ClFN5O3S/c1-13-11-18(26-20(30)15-7-6-14(24)12-16(15)23)33-19(13)21(31)25-8-4-10-29-22(32)28-9-3-2-5-17(28)27-29/h2-3,5-7,9,11-12H,4,8,10H2,1H3,(H,25,31)(H,26,30). The molecule has 2 amide bonds. The fourth-order valence-electron chi connectivity index (χ4n) is 3.25. The van der Waals surface area contributed by atoms with Crippen LogP contribution in [0.25, 0.3) is 5.65 Å². The molecule has 0 saturated carbocycles. The van der Waals surface area contributed by atoms with Gasteiger partial charge in [-0.25, -0.2) is 13.9 Å². The Balaban J connectivity index is 1.33. The van der Waals surface area contributed by atoms with Crippen LogP contribution in [0.2, 0.25) is 5.02 Å². The monoisotopic (exact) mass is 487 g/mol. The Bertz CT molecular complexity index is 1410. The molecule has 4 aromatic rings. The maximum Gasteiger partial charge on any atom is 0.350 e. The van der Waals surface area contributed by atoms with Gasteiger partial charge in [0, 0.05) is 19.3 Å². The number of nitrogens with zero attached hydrogens (tertiary/aromatic N) is 3. The van der Waals surface area contributed by atoms with Crippen molar-refractivity contribution in [1.29, 1.82) is 0 Å². The number of aromatic nitrogens is 3. The van der Waals surface area contributed by atoms with Crippen molar-refractivity contribution < 1.29 is 14.0 Å². The van der Waals surface area contributed by atoms with Crippen molar-refractivity contribution in [1.82, 2.24) is 19.5 Å². The first-order valence-corrected chi connectivity index (χ1v) is 11.2. The van der Waals surface area contributed by atoms with Crippen LogP contribution in [0.1, 0.15) is 32.0 Å². The predicted molar refractivity (Wildman–Crippen MR) is 125 cm³/mol. The van der Waals surface area contributed by atoms with Gasteiger partial charge in [0.2, 0.25) is 0 Å². The lowest BCUT2D eigenvalue weighted by Gasteiger charge is -2.05. The molecule has 4 rings (SSSR count). The average Bonchev–Trinajstić information content (AvgIpc) is 3.30. The summed E-state index contributed by atoms with van der Waals surface area (Å²) in [5.41, 5.74) is 1.18. The van der Waals surface area contributed by atoms with E-state index in [4.69, 9.17) is 11.6 Å². The minimum Gasteiger partial charge on any atom is -0.351 e. The van der Waals surface area contributed by atoms with Gasteiger partial charge in [-0.1, -0.05) is 17.7 Å². The fourth-order valence-corrected chi connectivity index (χ4v) is 4.48. The van der Waals surface area contributed by atoms with Crippen molar-refractivity contribution in [2.24, 2.45) is 0 Å². The van der Waals surface area contributed by atoms with E-state index in [0.29, 0.717) is 40.6 Å². The summed E-state index contributed by atoms with van der Waals surface area (Å²) in [5, 5.41) is 10.2. The van der Waals surface area contributed by atoms with Gasteiger partial charge in [-0.3, -0.25) is 14.0 Å². The molecule has 1 aromatic carbocycles. The number of halogens is 2. The molecule has 33 heavy (non-hydrogen) atoms. The van der Waals surface area contributed by atoms with Crippen molar-refractivity contribution in [2.45, 2.75) is 19.9 Å². The topological polar surface area (TPSA) is 97.5 Å². The average molecular weight is 488 g/mol. The number of nitrogens with one attached hydrogen (secondary N) is 2. The number of benzene rings is 1. The summed E-state index contributed by atoms with van der Waals surface area (Å²) in [4.78, 5) is 37.7. The fraction of sp³-hybridized carbons (Fsp3) is 0.182. The van der Waals surface area contributed by atoms with Crippen molar-refractivity contribution in [3.63, 3.8) is 0 Å². The van der Waals surface area contributed by atoms with E-state index in [0.717, 1.165) is 23.5 Å². The Morgan fingerprint density at radius 2 is 2.00 bits per heavy atom.